The van der Waals surface area contributed by atoms with Gasteiger partial charge in [-0.2, -0.15) is 0 Å². The van der Waals surface area contributed by atoms with Crippen molar-refractivity contribution in [3.05, 3.63) is 30.1 Å². The number of halogens is 2. The van der Waals surface area contributed by atoms with E-state index in [1.807, 2.05) is 0 Å². The number of piperidine rings is 1. The number of nitrogens with zero attached hydrogens (tertiary/aromatic N) is 1. The number of sulfone groups is 1. The summed E-state index contributed by atoms with van der Waals surface area (Å²) in [5.74, 6) is 0.238. The Morgan fingerprint density at radius 3 is 2.33 bits per heavy atom. The van der Waals surface area contributed by atoms with Crippen LogP contribution in [0.1, 0.15) is 39.0 Å². The average molecular weight is 419 g/mol. The molecule has 1 aromatic rings. The van der Waals surface area contributed by atoms with Crippen LogP contribution in [0.25, 0.3) is 0 Å². The Hall–Kier alpha value is -1.18. The fraction of sp³-hybridized carbons (Fsp3) is 0.632. The molecule has 1 saturated carbocycles. The highest BCUT2D eigenvalue weighted by molar-refractivity contribution is 7.92. The van der Waals surface area contributed by atoms with Gasteiger partial charge in [-0.15, -0.1) is 12.4 Å². The van der Waals surface area contributed by atoms with Crippen LogP contribution in [0.4, 0.5) is 4.39 Å². The molecule has 1 aliphatic heterocycles. The molecule has 5 nitrogen and oxygen atoms in total. The van der Waals surface area contributed by atoms with E-state index in [2.05, 4.69) is 5.32 Å². The second-order valence-corrected chi connectivity index (χ2v) is 9.89. The molecule has 3 rings (SSSR count). The SMILES string of the molecule is CC(CC(=O)N1CCC(NCC2CC2)CC1)S(=O)(=O)c1ccc(F)cc1.Cl. The lowest BCUT2D eigenvalue weighted by molar-refractivity contribution is -0.132. The molecule has 27 heavy (non-hydrogen) atoms. The largest absolute Gasteiger partial charge is 0.343 e. The van der Waals surface area contributed by atoms with E-state index in [-0.39, 0.29) is 29.6 Å². The van der Waals surface area contributed by atoms with Gasteiger partial charge in [0.05, 0.1) is 10.1 Å². The smallest absolute Gasteiger partial charge is 0.223 e. The summed E-state index contributed by atoms with van der Waals surface area (Å²) in [5.41, 5.74) is 0. The molecular weight excluding hydrogens is 391 g/mol. The first kappa shape index (κ1) is 22.1. The van der Waals surface area contributed by atoms with Gasteiger partial charge in [0.1, 0.15) is 5.82 Å². The monoisotopic (exact) mass is 418 g/mol. The van der Waals surface area contributed by atoms with Crippen LogP contribution in [0.2, 0.25) is 0 Å². The van der Waals surface area contributed by atoms with Crippen molar-refractivity contribution in [2.75, 3.05) is 19.6 Å². The molecule has 8 heteroatoms. The molecule has 0 radical (unpaired) electrons. The topological polar surface area (TPSA) is 66.5 Å². The Kier molecular flexibility index (Phi) is 7.65. The summed E-state index contributed by atoms with van der Waals surface area (Å²) in [6.45, 7) is 3.96. The number of hydrogen-bond donors (Lipinski definition) is 1. The zero-order valence-electron chi connectivity index (χ0n) is 15.6. The van der Waals surface area contributed by atoms with Crippen molar-refractivity contribution in [3.63, 3.8) is 0 Å². The zero-order chi connectivity index (χ0) is 18.7. The number of hydrogen-bond acceptors (Lipinski definition) is 4. The van der Waals surface area contributed by atoms with Crippen LogP contribution in [0, 0.1) is 11.7 Å². The molecule has 0 spiro atoms. The molecular formula is C19H28ClFN2O3S. The van der Waals surface area contributed by atoms with Crippen LogP contribution in [-0.2, 0) is 14.6 Å². The van der Waals surface area contributed by atoms with Gasteiger partial charge in [-0.3, -0.25) is 4.79 Å². The van der Waals surface area contributed by atoms with Crippen LogP contribution in [0.3, 0.4) is 0 Å². The Balaban J connectivity index is 0.00000261. The second kappa shape index (κ2) is 9.34. The summed E-state index contributed by atoms with van der Waals surface area (Å²) < 4.78 is 38.1. The number of nitrogens with one attached hydrogen (secondary N) is 1. The zero-order valence-corrected chi connectivity index (χ0v) is 17.2. The molecule has 1 atom stereocenters. The number of likely N-dealkylation sites (tertiary alicyclic amines) is 1. The maximum atomic E-state index is 13.0. The number of rotatable bonds is 7. The van der Waals surface area contributed by atoms with Gasteiger partial charge in [0.25, 0.3) is 0 Å². The quantitative estimate of drug-likeness (QED) is 0.691. The van der Waals surface area contributed by atoms with Gasteiger partial charge in [-0.25, -0.2) is 12.8 Å². The predicted molar refractivity (Wildman–Crippen MR) is 105 cm³/mol. The van der Waals surface area contributed by atoms with Gasteiger partial charge in [0.15, 0.2) is 9.84 Å². The van der Waals surface area contributed by atoms with Crippen molar-refractivity contribution in [3.8, 4) is 0 Å². The summed E-state index contributed by atoms with van der Waals surface area (Å²) in [4.78, 5) is 14.3. The summed E-state index contributed by atoms with van der Waals surface area (Å²) in [6.07, 6.45) is 4.44. The van der Waals surface area contributed by atoms with Gasteiger partial charge in [0, 0.05) is 25.6 Å². The summed E-state index contributed by atoms with van der Waals surface area (Å²) >= 11 is 0. The fourth-order valence-corrected chi connectivity index (χ4v) is 4.67. The van der Waals surface area contributed by atoms with Gasteiger partial charge < -0.3 is 10.2 Å². The Morgan fingerprint density at radius 1 is 1.19 bits per heavy atom. The molecule has 1 aromatic carbocycles. The Labute approximate surface area is 167 Å². The fourth-order valence-electron chi connectivity index (χ4n) is 3.33. The van der Waals surface area contributed by atoms with Gasteiger partial charge in [0.2, 0.25) is 5.91 Å². The standard InChI is InChI=1S/C19H27FN2O3S.ClH/c1-14(26(24,25)18-6-4-16(20)5-7-18)12-19(23)22-10-8-17(9-11-22)21-13-15-2-3-15;/h4-7,14-15,17,21H,2-3,8-13H2,1H3;1H. The molecule has 0 aromatic heterocycles. The molecule has 1 amide bonds. The first-order valence-electron chi connectivity index (χ1n) is 9.37. The van der Waals surface area contributed by atoms with Crippen molar-refractivity contribution in [2.45, 2.75) is 55.2 Å². The lowest BCUT2D eigenvalue weighted by atomic mass is 10.0. The van der Waals surface area contributed by atoms with E-state index in [0.29, 0.717) is 19.1 Å². The molecule has 0 bridgehead atoms. The molecule has 1 saturated heterocycles. The minimum absolute atomic E-state index is 0. The minimum Gasteiger partial charge on any atom is -0.343 e. The van der Waals surface area contributed by atoms with E-state index in [9.17, 15) is 17.6 Å². The van der Waals surface area contributed by atoms with E-state index >= 15 is 0 Å². The lowest BCUT2D eigenvalue weighted by Crippen LogP contribution is -2.46. The third-order valence-electron chi connectivity index (χ3n) is 5.37. The molecule has 2 fully saturated rings. The van der Waals surface area contributed by atoms with E-state index in [1.165, 1.54) is 25.0 Å². The highest BCUT2D eigenvalue weighted by Gasteiger charge is 2.30. The molecule has 1 N–H and O–H groups in total. The van der Waals surface area contributed by atoms with Gasteiger partial charge in [-0.05, 0) is 69.3 Å². The van der Waals surface area contributed by atoms with E-state index in [4.69, 9.17) is 0 Å². The maximum absolute atomic E-state index is 13.0. The van der Waals surface area contributed by atoms with E-state index in [1.54, 1.807) is 11.8 Å². The molecule has 1 aliphatic carbocycles. The summed E-state index contributed by atoms with van der Waals surface area (Å²) in [6, 6.07) is 5.22. The van der Waals surface area contributed by atoms with E-state index < -0.39 is 20.9 Å². The predicted octanol–water partition coefficient (Wildman–Crippen LogP) is 2.79. The second-order valence-electron chi connectivity index (χ2n) is 7.52. The third kappa shape index (κ3) is 5.90. The number of benzene rings is 1. The van der Waals surface area contributed by atoms with Gasteiger partial charge in [-0.1, -0.05) is 0 Å². The number of amides is 1. The van der Waals surface area contributed by atoms with E-state index in [0.717, 1.165) is 37.4 Å². The molecule has 152 valence electrons. The Bertz CT molecular complexity index is 730. The Morgan fingerprint density at radius 2 is 1.78 bits per heavy atom. The average Bonchev–Trinajstić information content (AvgIpc) is 3.45. The van der Waals surface area contributed by atoms with Crippen molar-refractivity contribution in [1.82, 2.24) is 10.2 Å². The van der Waals surface area contributed by atoms with Crippen LogP contribution in [-0.4, -0.2) is 50.2 Å². The third-order valence-corrected chi connectivity index (χ3v) is 7.53. The van der Waals surface area contributed by atoms with Crippen molar-refractivity contribution in [2.24, 2.45) is 5.92 Å². The highest BCUT2D eigenvalue weighted by atomic mass is 35.5. The number of carbonyl (C=O) groups is 1. The lowest BCUT2D eigenvalue weighted by Gasteiger charge is -2.33. The van der Waals surface area contributed by atoms with Crippen LogP contribution >= 0.6 is 12.4 Å². The van der Waals surface area contributed by atoms with Crippen LogP contribution in [0.5, 0.6) is 0 Å². The first-order valence-corrected chi connectivity index (χ1v) is 10.9. The number of carbonyl (C=O) groups excluding carboxylic acids is 1. The van der Waals surface area contributed by atoms with Crippen LogP contribution < -0.4 is 5.32 Å². The summed E-state index contributed by atoms with van der Waals surface area (Å²) in [5, 5.41) is 2.74. The van der Waals surface area contributed by atoms with Crippen LogP contribution in [0.15, 0.2) is 29.2 Å². The molecule has 1 heterocycles. The normalized spacial score (nSPS) is 19.4. The van der Waals surface area contributed by atoms with Crippen molar-refractivity contribution < 1.29 is 17.6 Å². The first-order chi connectivity index (χ1) is 12.4. The molecule has 1 unspecified atom stereocenters. The maximum Gasteiger partial charge on any atom is 0.223 e. The van der Waals surface area contributed by atoms with Crippen molar-refractivity contribution >= 4 is 28.2 Å². The highest BCUT2D eigenvalue weighted by Crippen LogP contribution is 2.28. The van der Waals surface area contributed by atoms with Crippen molar-refractivity contribution in [1.29, 1.82) is 0 Å². The molecule has 2 aliphatic rings. The summed E-state index contributed by atoms with van der Waals surface area (Å²) in [7, 11) is -3.64. The minimum atomic E-state index is -3.64. The van der Waals surface area contributed by atoms with Gasteiger partial charge >= 0.3 is 0 Å².